The molecule has 9 heteroatoms. The van der Waals surface area contributed by atoms with Crippen molar-refractivity contribution in [1.82, 2.24) is 0 Å². The number of hydrogen-bond acceptors (Lipinski definition) is 6. The predicted octanol–water partition coefficient (Wildman–Crippen LogP) is 14.9. The first kappa shape index (κ1) is 52.9. The highest BCUT2D eigenvalue weighted by Crippen LogP contribution is 2.48. The van der Waals surface area contributed by atoms with Crippen molar-refractivity contribution < 1.29 is 27.9 Å². The first-order valence-corrected chi connectivity index (χ1v) is 29.6. The van der Waals surface area contributed by atoms with Crippen LogP contribution in [-0.2, 0) is 14.0 Å². The van der Waals surface area contributed by atoms with Gasteiger partial charge in [-0.05, 0) is 127 Å². The van der Waals surface area contributed by atoms with Gasteiger partial charge in [-0.2, -0.15) is 0 Å². The largest absolute Gasteiger partial charge is 0.543 e. The molecule has 0 fully saturated rings. The summed E-state index contributed by atoms with van der Waals surface area (Å²) >= 11 is 0. The van der Waals surface area contributed by atoms with Gasteiger partial charge < -0.3 is 23.1 Å². The molecule has 0 bridgehead atoms. The molecule has 0 spiro atoms. The smallest absolute Gasteiger partial charge is 0.311 e. The number of benzene rings is 1. The third kappa shape index (κ3) is 13.2. The van der Waals surface area contributed by atoms with Gasteiger partial charge in [-0.25, -0.2) is 0 Å². The van der Waals surface area contributed by atoms with Crippen LogP contribution >= 0.6 is 0 Å². The van der Waals surface area contributed by atoms with Gasteiger partial charge in [0.05, 0.1) is 11.5 Å². The Bertz CT molecular complexity index is 1200. The number of rotatable bonds is 25. The number of ether oxygens (including phenoxy) is 1. The van der Waals surface area contributed by atoms with Crippen molar-refractivity contribution >= 4 is 30.9 Å². The monoisotopic (exact) mass is 837 g/mol. The van der Waals surface area contributed by atoms with Crippen molar-refractivity contribution in [3.05, 3.63) is 23.8 Å². The van der Waals surface area contributed by atoms with Gasteiger partial charge in [-0.15, -0.1) is 0 Å². The molecule has 1 aromatic rings. The quantitative estimate of drug-likeness (QED) is 0.0781. The zero-order valence-electron chi connectivity index (χ0n) is 40.5. The number of carbonyl (C=O) groups is 1. The summed E-state index contributed by atoms with van der Waals surface area (Å²) in [4.78, 5) is 13.3. The number of esters is 1. The summed E-state index contributed by atoms with van der Waals surface area (Å²) in [5, 5.41) is 9.90. The highest BCUT2D eigenvalue weighted by Gasteiger charge is 2.49. The van der Waals surface area contributed by atoms with Crippen LogP contribution in [0.5, 0.6) is 11.5 Å². The van der Waals surface area contributed by atoms with Gasteiger partial charge in [0.1, 0.15) is 17.6 Å². The Hall–Kier alpha value is -1.14. The fourth-order valence-corrected chi connectivity index (χ4v) is 23.4. The Morgan fingerprint density at radius 1 is 0.625 bits per heavy atom. The summed E-state index contributed by atoms with van der Waals surface area (Å²) in [6.07, 6.45) is 1.94. The maximum absolute atomic E-state index is 13.3. The van der Waals surface area contributed by atoms with Gasteiger partial charge in [0.15, 0.2) is 8.32 Å². The van der Waals surface area contributed by atoms with Crippen LogP contribution in [0.2, 0.25) is 51.4 Å². The van der Waals surface area contributed by atoms with Gasteiger partial charge in [0.2, 0.25) is 0 Å². The van der Waals surface area contributed by atoms with E-state index in [0.717, 1.165) is 54.5 Å². The van der Waals surface area contributed by atoms with E-state index in [-0.39, 0.29) is 42.5 Å². The molecule has 1 rings (SSSR count). The molecular weight excluding hydrogens is 745 g/mol. The Balaban J connectivity index is 4.13. The average molecular weight is 838 g/mol. The standard InChI is InChI=1S/C47H92O6Si3/c1-22-54(23-2,24-3)53-45(39(17)25-26-44(40(18)27-38(16)31-48)50-46(49)47(19,20)21)41-28-42(51-55(32(4)5,33(6)7)34(8)9)30-43(29-41)52-56(35(10)11,36(12)13)37(14)15/h28-30,32-40,44-45,48H,22-27,31H2,1-21H3/t38-,39-,40-,44?,45-/m0/s1. The molecule has 328 valence electrons. The molecule has 0 saturated carbocycles. The van der Waals surface area contributed by atoms with Gasteiger partial charge in [-0.1, -0.05) is 125 Å². The Kier molecular flexibility index (Phi) is 21.2. The minimum Gasteiger partial charge on any atom is -0.543 e. The number of carbonyl (C=O) groups excluding carboxylic acids is 1. The lowest BCUT2D eigenvalue weighted by Crippen LogP contribution is -2.51. The molecule has 0 heterocycles. The summed E-state index contributed by atoms with van der Waals surface area (Å²) in [5.74, 6) is 2.05. The zero-order valence-corrected chi connectivity index (χ0v) is 43.5. The summed E-state index contributed by atoms with van der Waals surface area (Å²) in [6, 6.07) is 9.98. The molecule has 56 heavy (non-hydrogen) atoms. The van der Waals surface area contributed by atoms with Crippen LogP contribution in [0.15, 0.2) is 18.2 Å². The van der Waals surface area contributed by atoms with E-state index in [1.807, 2.05) is 20.8 Å². The molecule has 0 aliphatic carbocycles. The van der Waals surface area contributed by atoms with E-state index in [1.54, 1.807) is 0 Å². The summed E-state index contributed by atoms with van der Waals surface area (Å²) in [6.45, 7) is 47.6. The number of aliphatic hydroxyl groups excluding tert-OH is 1. The van der Waals surface area contributed by atoms with E-state index in [9.17, 15) is 9.90 Å². The van der Waals surface area contributed by atoms with Crippen LogP contribution in [-0.4, -0.2) is 48.7 Å². The van der Waals surface area contributed by atoms with E-state index >= 15 is 0 Å². The summed E-state index contributed by atoms with van der Waals surface area (Å²) in [5.41, 5.74) is 3.13. The molecule has 0 aliphatic rings. The second kappa shape index (κ2) is 22.5. The second-order valence-electron chi connectivity index (χ2n) is 20.6. The minimum atomic E-state index is -2.30. The molecule has 1 N–H and O–H groups in total. The molecule has 0 radical (unpaired) electrons. The highest BCUT2D eigenvalue weighted by molar-refractivity contribution is 6.79. The van der Waals surface area contributed by atoms with Crippen LogP contribution in [0.1, 0.15) is 176 Å². The molecule has 1 aromatic carbocycles. The average Bonchev–Trinajstić information content (AvgIpc) is 3.10. The van der Waals surface area contributed by atoms with E-state index < -0.39 is 30.4 Å². The summed E-state index contributed by atoms with van der Waals surface area (Å²) < 4.78 is 28.9. The first-order chi connectivity index (χ1) is 25.7. The predicted molar refractivity (Wildman–Crippen MR) is 249 cm³/mol. The van der Waals surface area contributed by atoms with Crippen LogP contribution < -0.4 is 8.85 Å². The molecule has 5 atom stereocenters. The Morgan fingerprint density at radius 3 is 1.34 bits per heavy atom. The Labute approximate surface area is 350 Å². The van der Waals surface area contributed by atoms with Gasteiger partial charge in [0.25, 0.3) is 16.6 Å². The topological polar surface area (TPSA) is 74.2 Å². The normalized spacial score (nSPS) is 16.2. The van der Waals surface area contributed by atoms with Crippen LogP contribution in [0, 0.1) is 23.2 Å². The van der Waals surface area contributed by atoms with Crippen molar-refractivity contribution in [1.29, 1.82) is 0 Å². The molecule has 1 unspecified atom stereocenters. The summed E-state index contributed by atoms with van der Waals surface area (Å²) in [7, 11) is -6.70. The molecule has 6 nitrogen and oxygen atoms in total. The van der Waals surface area contributed by atoms with Gasteiger partial charge in [0, 0.05) is 12.7 Å². The molecular formula is C47H92O6Si3. The van der Waals surface area contributed by atoms with E-state index in [0.29, 0.717) is 33.2 Å². The highest BCUT2D eigenvalue weighted by atomic mass is 28.4. The van der Waals surface area contributed by atoms with Crippen molar-refractivity contribution in [2.24, 2.45) is 23.2 Å². The SMILES string of the molecule is CC[Si](CC)(CC)O[C@H](c1cc(O[Si](C(C)C)(C(C)C)C(C)C)cc(O[Si](C(C)C)(C(C)C)C(C)C)c1)[C@@H](C)CCC(OC(=O)C(C)(C)C)[C@@H](C)C[C@H](C)CO. The lowest BCUT2D eigenvalue weighted by Gasteiger charge is -2.44. The molecule has 0 amide bonds. The van der Waals surface area contributed by atoms with E-state index in [2.05, 4.69) is 143 Å². The maximum atomic E-state index is 13.3. The lowest BCUT2D eigenvalue weighted by atomic mass is 9.86. The molecule has 0 aliphatic heterocycles. The lowest BCUT2D eigenvalue weighted by molar-refractivity contribution is -0.162. The third-order valence-corrected chi connectivity index (χ3v) is 30.2. The molecule has 0 aromatic heterocycles. The Morgan fingerprint density at radius 2 is 1.02 bits per heavy atom. The maximum Gasteiger partial charge on any atom is 0.311 e. The number of aliphatic hydroxyl groups is 1. The van der Waals surface area contributed by atoms with Gasteiger partial charge in [-0.3, -0.25) is 4.79 Å². The van der Waals surface area contributed by atoms with Crippen molar-refractivity contribution in [2.75, 3.05) is 6.61 Å². The number of hydrogen-bond donors (Lipinski definition) is 1. The van der Waals surface area contributed by atoms with Crippen LogP contribution in [0.4, 0.5) is 0 Å². The van der Waals surface area contributed by atoms with Crippen molar-refractivity contribution in [2.45, 2.75) is 228 Å². The fraction of sp³-hybridized carbons (Fsp3) is 0.851. The van der Waals surface area contributed by atoms with Gasteiger partial charge >= 0.3 is 5.97 Å². The van der Waals surface area contributed by atoms with E-state index in [1.165, 1.54) is 0 Å². The first-order valence-electron chi connectivity index (χ1n) is 22.8. The van der Waals surface area contributed by atoms with Crippen LogP contribution in [0.3, 0.4) is 0 Å². The third-order valence-electron chi connectivity index (χ3n) is 13.6. The molecule has 0 saturated heterocycles. The van der Waals surface area contributed by atoms with E-state index in [4.69, 9.17) is 18.0 Å². The second-order valence-corrected chi connectivity index (χ2v) is 36.1. The minimum absolute atomic E-state index is 0.115. The van der Waals surface area contributed by atoms with Crippen molar-refractivity contribution in [3.63, 3.8) is 0 Å². The zero-order chi connectivity index (χ0) is 43.6. The fourth-order valence-electron chi connectivity index (χ4n) is 9.99. The van der Waals surface area contributed by atoms with Crippen LogP contribution in [0.25, 0.3) is 0 Å². The van der Waals surface area contributed by atoms with Crippen molar-refractivity contribution in [3.8, 4) is 11.5 Å².